The quantitative estimate of drug-likeness (QED) is 0.829. The number of ether oxygens (including phenoxy) is 1. The number of hydrogen-bond acceptors (Lipinski definition) is 3. The van der Waals surface area contributed by atoms with Crippen molar-refractivity contribution in [3.05, 3.63) is 53.1 Å². The molecule has 0 heterocycles. The van der Waals surface area contributed by atoms with E-state index in [1.807, 2.05) is 31.2 Å². The van der Waals surface area contributed by atoms with Crippen molar-refractivity contribution in [2.24, 2.45) is 0 Å². The van der Waals surface area contributed by atoms with Crippen LogP contribution in [0.1, 0.15) is 12.0 Å². The maximum absolute atomic E-state index is 11.8. The van der Waals surface area contributed by atoms with Gasteiger partial charge in [0.25, 0.3) is 0 Å². The lowest BCUT2D eigenvalue weighted by Gasteiger charge is -2.09. The highest BCUT2D eigenvalue weighted by atomic mass is 35.5. The number of nitrogens with two attached hydrogens (primary N) is 1. The van der Waals surface area contributed by atoms with Crippen LogP contribution < -0.4 is 15.8 Å². The maximum atomic E-state index is 11.8. The fourth-order valence-corrected chi connectivity index (χ4v) is 2.01. The van der Waals surface area contributed by atoms with Crippen LogP contribution in [0.2, 0.25) is 5.02 Å². The summed E-state index contributed by atoms with van der Waals surface area (Å²) in [7, 11) is 0. The zero-order valence-electron chi connectivity index (χ0n) is 11.7. The Morgan fingerprint density at radius 3 is 2.81 bits per heavy atom. The lowest BCUT2D eigenvalue weighted by molar-refractivity contribution is -0.116. The molecule has 0 radical (unpaired) electrons. The number of anilines is 2. The van der Waals surface area contributed by atoms with Gasteiger partial charge in [-0.15, -0.1) is 0 Å². The molecule has 0 unspecified atom stereocenters. The standard InChI is InChI=1S/C16H17ClN2O2/c1-11-3-2-4-13(9-11)21-8-7-16(20)19-15-6-5-12(17)10-14(15)18/h2-6,9-10H,7-8,18H2,1H3,(H,19,20). The lowest BCUT2D eigenvalue weighted by Crippen LogP contribution is -2.16. The van der Waals surface area contributed by atoms with Gasteiger partial charge in [0.1, 0.15) is 5.75 Å². The molecule has 3 N–H and O–H groups in total. The Bertz CT molecular complexity index is 644. The number of benzene rings is 2. The van der Waals surface area contributed by atoms with E-state index in [9.17, 15) is 4.79 Å². The summed E-state index contributed by atoms with van der Waals surface area (Å²) in [6, 6.07) is 12.6. The Morgan fingerprint density at radius 2 is 2.10 bits per heavy atom. The van der Waals surface area contributed by atoms with Crippen LogP contribution in [0.3, 0.4) is 0 Å². The van der Waals surface area contributed by atoms with Gasteiger partial charge in [0, 0.05) is 5.02 Å². The largest absolute Gasteiger partial charge is 0.493 e. The number of rotatable bonds is 5. The van der Waals surface area contributed by atoms with E-state index in [-0.39, 0.29) is 12.3 Å². The molecular formula is C16H17ClN2O2. The molecule has 0 bridgehead atoms. The molecule has 4 nitrogen and oxygen atoms in total. The Balaban J connectivity index is 1.82. The first-order valence-electron chi connectivity index (χ1n) is 6.59. The average molecular weight is 305 g/mol. The molecule has 0 spiro atoms. The Hall–Kier alpha value is -2.20. The summed E-state index contributed by atoms with van der Waals surface area (Å²) in [6.45, 7) is 2.30. The summed E-state index contributed by atoms with van der Waals surface area (Å²) in [4.78, 5) is 11.8. The normalized spacial score (nSPS) is 10.2. The second kappa shape index (κ2) is 6.99. The third-order valence-corrected chi connectivity index (χ3v) is 3.11. The topological polar surface area (TPSA) is 64.3 Å². The monoisotopic (exact) mass is 304 g/mol. The molecule has 0 aliphatic carbocycles. The Kier molecular flexibility index (Phi) is 5.06. The lowest BCUT2D eigenvalue weighted by atomic mass is 10.2. The molecule has 1 amide bonds. The van der Waals surface area contributed by atoms with Crippen molar-refractivity contribution in [1.29, 1.82) is 0 Å². The van der Waals surface area contributed by atoms with Crippen molar-refractivity contribution in [2.45, 2.75) is 13.3 Å². The SMILES string of the molecule is Cc1cccc(OCCC(=O)Nc2ccc(Cl)cc2N)c1. The van der Waals surface area contributed by atoms with Crippen LogP contribution >= 0.6 is 11.6 Å². The molecule has 2 aromatic rings. The summed E-state index contributed by atoms with van der Waals surface area (Å²) in [5.41, 5.74) is 7.89. The number of hydrogen-bond donors (Lipinski definition) is 2. The molecule has 0 atom stereocenters. The van der Waals surface area contributed by atoms with Crippen molar-refractivity contribution in [3.8, 4) is 5.75 Å². The van der Waals surface area contributed by atoms with Crippen LogP contribution in [0.15, 0.2) is 42.5 Å². The molecule has 0 aliphatic rings. The predicted molar refractivity (Wildman–Crippen MR) is 85.8 cm³/mol. The molecule has 21 heavy (non-hydrogen) atoms. The van der Waals surface area contributed by atoms with Crippen LogP contribution in [0, 0.1) is 6.92 Å². The van der Waals surface area contributed by atoms with Gasteiger partial charge in [0.15, 0.2) is 0 Å². The molecule has 5 heteroatoms. The minimum Gasteiger partial charge on any atom is -0.493 e. The second-order valence-electron chi connectivity index (χ2n) is 4.69. The van der Waals surface area contributed by atoms with Gasteiger partial charge >= 0.3 is 0 Å². The van der Waals surface area contributed by atoms with Gasteiger partial charge < -0.3 is 15.8 Å². The average Bonchev–Trinajstić information content (AvgIpc) is 2.42. The van der Waals surface area contributed by atoms with Gasteiger partial charge in [-0.3, -0.25) is 4.79 Å². The van der Waals surface area contributed by atoms with E-state index < -0.39 is 0 Å². The Morgan fingerprint density at radius 1 is 1.29 bits per heavy atom. The van der Waals surface area contributed by atoms with Crippen molar-refractivity contribution in [2.75, 3.05) is 17.7 Å². The Labute approximate surface area is 128 Å². The molecule has 2 rings (SSSR count). The van der Waals surface area contributed by atoms with Crippen molar-refractivity contribution in [1.82, 2.24) is 0 Å². The van der Waals surface area contributed by atoms with Crippen LogP contribution in [0.25, 0.3) is 0 Å². The highest BCUT2D eigenvalue weighted by Crippen LogP contribution is 2.22. The van der Waals surface area contributed by atoms with E-state index in [1.165, 1.54) is 0 Å². The third-order valence-electron chi connectivity index (χ3n) is 2.88. The number of aryl methyl sites for hydroxylation is 1. The van der Waals surface area contributed by atoms with E-state index in [0.717, 1.165) is 11.3 Å². The number of amides is 1. The maximum Gasteiger partial charge on any atom is 0.227 e. The van der Waals surface area contributed by atoms with Gasteiger partial charge in [-0.2, -0.15) is 0 Å². The molecular weight excluding hydrogens is 288 g/mol. The first kappa shape index (κ1) is 15.2. The van der Waals surface area contributed by atoms with E-state index in [0.29, 0.717) is 23.0 Å². The van der Waals surface area contributed by atoms with Crippen LogP contribution in [0.5, 0.6) is 5.75 Å². The minimum absolute atomic E-state index is 0.156. The van der Waals surface area contributed by atoms with Crippen LogP contribution in [-0.4, -0.2) is 12.5 Å². The fourth-order valence-electron chi connectivity index (χ4n) is 1.83. The van der Waals surface area contributed by atoms with E-state index in [4.69, 9.17) is 22.1 Å². The zero-order chi connectivity index (χ0) is 15.2. The molecule has 0 saturated heterocycles. The summed E-state index contributed by atoms with van der Waals surface area (Å²) < 4.78 is 5.53. The summed E-state index contributed by atoms with van der Waals surface area (Å²) in [6.07, 6.45) is 0.246. The van der Waals surface area contributed by atoms with Gasteiger partial charge in [-0.05, 0) is 42.8 Å². The highest BCUT2D eigenvalue weighted by molar-refractivity contribution is 6.31. The smallest absolute Gasteiger partial charge is 0.227 e. The molecule has 0 fully saturated rings. The molecule has 110 valence electrons. The van der Waals surface area contributed by atoms with Gasteiger partial charge in [0.05, 0.1) is 24.4 Å². The zero-order valence-corrected chi connectivity index (χ0v) is 12.5. The second-order valence-corrected chi connectivity index (χ2v) is 5.13. The molecule has 0 aromatic heterocycles. The first-order chi connectivity index (χ1) is 10.0. The number of carbonyl (C=O) groups is 1. The summed E-state index contributed by atoms with van der Waals surface area (Å²) in [5, 5.41) is 3.27. The fraction of sp³-hybridized carbons (Fsp3) is 0.188. The van der Waals surface area contributed by atoms with Crippen molar-refractivity contribution in [3.63, 3.8) is 0 Å². The minimum atomic E-state index is -0.156. The highest BCUT2D eigenvalue weighted by Gasteiger charge is 2.06. The third kappa shape index (κ3) is 4.68. The van der Waals surface area contributed by atoms with Gasteiger partial charge in [-0.1, -0.05) is 23.7 Å². The van der Waals surface area contributed by atoms with E-state index in [2.05, 4.69) is 5.32 Å². The van der Waals surface area contributed by atoms with Crippen LogP contribution in [0.4, 0.5) is 11.4 Å². The van der Waals surface area contributed by atoms with Crippen molar-refractivity contribution >= 4 is 28.9 Å². The van der Waals surface area contributed by atoms with E-state index in [1.54, 1.807) is 18.2 Å². The number of nitrogen functional groups attached to an aromatic ring is 1. The van der Waals surface area contributed by atoms with Crippen molar-refractivity contribution < 1.29 is 9.53 Å². The van der Waals surface area contributed by atoms with E-state index >= 15 is 0 Å². The number of carbonyl (C=O) groups excluding carboxylic acids is 1. The summed E-state index contributed by atoms with van der Waals surface area (Å²) >= 11 is 5.80. The molecule has 2 aromatic carbocycles. The summed E-state index contributed by atoms with van der Waals surface area (Å²) in [5.74, 6) is 0.602. The molecule has 0 aliphatic heterocycles. The first-order valence-corrected chi connectivity index (χ1v) is 6.97. The number of nitrogens with one attached hydrogen (secondary N) is 1. The van der Waals surface area contributed by atoms with Gasteiger partial charge in [-0.25, -0.2) is 0 Å². The number of halogens is 1. The van der Waals surface area contributed by atoms with Gasteiger partial charge in [0.2, 0.25) is 5.91 Å². The predicted octanol–water partition coefficient (Wildman–Crippen LogP) is 3.64. The molecule has 0 saturated carbocycles. The van der Waals surface area contributed by atoms with Crippen LogP contribution in [-0.2, 0) is 4.79 Å².